The lowest BCUT2D eigenvalue weighted by molar-refractivity contribution is -0.192. The zero-order valence-corrected chi connectivity index (χ0v) is 17.4. The fourth-order valence-corrected chi connectivity index (χ4v) is 5.26. The van der Waals surface area contributed by atoms with Crippen LogP contribution in [0.25, 0.3) is 0 Å². The molecule has 1 fully saturated rings. The molecule has 0 bridgehead atoms. The second-order valence-electron chi connectivity index (χ2n) is 6.85. The molecule has 1 aliphatic heterocycles. The largest absolute Gasteiger partial charge is 0.465 e. The molecule has 0 aromatic carbocycles. The molecule has 1 saturated heterocycles. The Morgan fingerprint density at radius 2 is 1.92 bits per heavy atom. The molecule has 7 nitrogen and oxygen atoms in total. The third kappa shape index (κ3) is 5.52. The quantitative estimate of drug-likeness (QED) is 0.408. The van der Waals surface area contributed by atoms with E-state index in [9.17, 15) is 19.1 Å². The highest BCUT2D eigenvalue weighted by molar-refractivity contribution is 7.54. The lowest BCUT2D eigenvalue weighted by atomic mass is 9.82. The number of rotatable bonds is 11. The van der Waals surface area contributed by atoms with Gasteiger partial charge in [0.05, 0.1) is 12.7 Å². The average molecular weight is 394 g/mol. The van der Waals surface area contributed by atoms with Gasteiger partial charge in [-0.15, -0.1) is 0 Å². The maximum Gasteiger partial charge on any atom is 0.343 e. The average Bonchev–Trinajstić information content (AvgIpc) is 2.60. The van der Waals surface area contributed by atoms with Crippen LogP contribution in [-0.2, 0) is 23.6 Å². The van der Waals surface area contributed by atoms with Gasteiger partial charge in [0.25, 0.3) is 0 Å². The van der Waals surface area contributed by atoms with Crippen molar-refractivity contribution in [2.24, 2.45) is 5.92 Å². The van der Waals surface area contributed by atoms with E-state index in [1.807, 2.05) is 13.8 Å². The van der Waals surface area contributed by atoms with Gasteiger partial charge in [-0.3, -0.25) is 9.36 Å². The van der Waals surface area contributed by atoms with Crippen molar-refractivity contribution in [2.75, 3.05) is 13.2 Å². The van der Waals surface area contributed by atoms with Crippen molar-refractivity contribution in [1.29, 1.82) is 0 Å². The molecule has 0 spiro atoms. The van der Waals surface area contributed by atoms with Crippen LogP contribution >= 0.6 is 7.60 Å². The minimum atomic E-state index is -4.74. The minimum absolute atomic E-state index is 0.0188. The number of carbonyl (C=O) groups excluding carboxylic acids is 1. The van der Waals surface area contributed by atoms with Crippen molar-refractivity contribution in [3.63, 3.8) is 0 Å². The van der Waals surface area contributed by atoms with Crippen molar-refractivity contribution < 1.29 is 33.4 Å². The zero-order valence-electron chi connectivity index (χ0n) is 16.5. The third-order valence-electron chi connectivity index (χ3n) is 5.34. The Morgan fingerprint density at radius 3 is 2.35 bits per heavy atom. The summed E-state index contributed by atoms with van der Waals surface area (Å²) in [4.78, 5) is 32.8. The number of hydrogen-bond acceptors (Lipinski definition) is 5. The summed E-state index contributed by atoms with van der Waals surface area (Å²) >= 11 is 0. The van der Waals surface area contributed by atoms with E-state index in [-0.39, 0.29) is 25.4 Å². The fourth-order valence-electron chi connectivity index (χ4n) is 3.79. The summed E-state index contributed by atoms with van der Waals surface area (Å²) in [6.07, 6.45) is 3.91. The summed E-state index contributed by atoms with van der Waals surface area (Å²) in [5.41, 5.74) is 0. The van der Waals surface area contributed by atoms with Crippen LogP contribution in [0.15, 0.2) is 0 Å². The van der Waals surface area contributed by atoms with Crippen molar-refractivity contribution >= 4 is 13.6 Å². The van der Waals surface area contributed by atoms with Crippen molar-refractivity contribution in [2.45, 2.75) is 90.2 Å². The van der Waals surface area contributed by atoms with Crippen LogP contribution in [0.2, 0.25) is 0 Å². The molecule has 1 heterocycles. The first-order chi connectivity index (χ1) is 12.3. The molecule has 26 heavy (non-hydrogen) atoms. The minimum Gasteiger partial charge on any atom is -0.465 e. The van der Waals surface area contributed by atoms with Gasteiger partial charge in [-0.1, -0.05) is 27.2 Å². The van der Waals surface area contributed by atoms with Gasteiger partial charge in [0.1, 0.15) is 0 Å². The maximum atomic E-state index is 12.6. The molecular formula is C18H35O7P. The summed E-state index contributed by atoms with van der Waals surface area (Å²) in [7, 11) is -4.74. The van der Waals surface area contributed by atoms with Crippen molar-refractivity contribution in [3.05, 3.63) is 0 Å². The van der Waals surface area contributed by atoms with Crippen LogP contribution in [0, 0.1) is 5.92 Å². The van der Waals surface area contributed by atoms with Crippen LogP contribution in [-0.4, -0.2) is 46.5 Å². The van der Waals surface area contributed by atoms with Crippen LogP contribution in [0.5, 0.6) is 0 Å². The number of esters is 1. The fraction of sp³-hybridized carbons (Fsp3) is 0.944. The second kappa shape index (κ2) is 10.8. The normalized spacial score (nSPS) is 23.1. The molecule has 0 radical (unpaired) electrons. The van der Waals surface area contributed by atoms with E-state index in [1.54, 1.807) is 13.8 Å². The molecule has 4 atom stereocenters. The Hall–Kier alpha value is -0.460. The Bertz CT molecular complexity index is 472. The summed E-state index contributed by atoms with van der Waals surface area (Å²) in [5.74, 6) is -1.35. The third-order valence-corrected chi connectivity index (χ3v) is 7.24. The predicted molar refractivity (Wildman–Crippen MR) is 98.9 cm³/mol. The van der Waals surface area contributed by atoms with Gasteiger partial charge in [-0.05, 0) is 51.4 Å². The molecule has 0 saturated carbocycles. The molecule has 1 rings (SSSR count). The van der Waals surface area contributed by atoms with E-state index in [1.165, 1.54) is 0 Å². The first-order valence-electron chi connectivity index (χ1n) is 9.76. The summed E-state index contributed by atoms with van der Waals surface area (Å²) in [6, 6.07) is 0. The lowest BCUT2D eigenvalue weighted by Crippen LogP contribution is -2.47. The first kappa shape index (κ1) is 23.6. The second-order valence-corrected chi connectivity index (χ2v) is 8.73. The molecule has 4 unspecified atom stereocenters. The number of carbonyl (C=O) groups is 1. The van der Waals surface area contributed by atoms with Gasteiger partial charge in [-0.2, -0.15) is 0 Å². The standard InChI is InChI=1S/C18H35O7P/c1-5-14(13-15(6-2)25-16-11-9-10-12-24-16)18(7-3,26(20,21)22)17(19)23-8-4/h14-16H,5-13H2,1-4H3,(H2,20,21,22). The van der Waals surface area contributed by atoms with Crippen LogP contribution in [0.1, 0.15) is 72.6 Å². The molecule has 154 valence electrons. The Labute approximate surface area is 156 Å². The van der Waals surface area contributed by atoms with E-state index < -0.39 is 24.6 Å². The molecule has 0 amide bonds. The first-order valence-corrected chi connectivity index (χ1v) is 11.4. The number of hydrogen-bond donors (Lipinski definition) is 2. The summed E-state index contributed by atoms with van der Waals surface area (Å²) < 4.78 is 29.1. The molecule has 0 aromatic heterocycles. The molecule has 0 aromatic rings. The van der Waals surface area contributed by atoms with Crippen LogP contribution in [0.4, 0.5) is 0 Å². The Morgan fingerprint density at radius 1 is 1.23 bits per heavy atom. The van der Waals surface area contributed by atoms with E-state index in [0.29, 0.717) is 25.9 Å². The van der Waals surface area contributed by atoms with Gasteiger partial charge in [0.2, 0.25) is 0 Å². The monoisotopic (exact) mass is 394 g/mol. The SMILES string of the molecule is CCOC(=O)C(CC)(C(CC)CC(CC)OC1CCCCO1)P(=O)(O)O. The van der Waals surface area contributed by atoms with E-state index >= 15 is 0 Å². The van der Waals surface area contributed by atoms with E-state index in [4.69, 9.17) is 14.2 Å². The predicted octanol–water partition coefficient (Wildman–Crippen LogP) is 3.61. The van der Waals surface area contributed by atoms with Gasteiger partial charge in [0.15, 0.2) is 11.4 Å². The van der Waals surface area contributed by atoms with Gasteiger partial charge >= 0.3 is 13.6 Å². The maximum absolute atomic E-state index is 12.6. The Kier molecular flexibility index (Phi) is 9.76. The van der Waals surface area contributed by atoms with Crippen LogP contribution in [0.3, 0.4) is 0 Å². The topological polar surface area (TPSA) is 102 Å². The molecule has 2 N–H and O–H groups in total. The smallest absolute Gasteiger partial charge is 0.343 e. The van der Waals surface area contributed by atoms with Crippen molar-refractivity contribution in [3.8, 4) is 0 Å². The summed E-state index contributed by atoms with van der Waals surface area (Å²) in [5, 5.41) is -1.83. The molecular weight excluding hydrogens is 359 g/mol. The van der Waals surface area contributed by atoms with Gasteiger partial charge < -0.3 is 24.0 Å². The van der Waals surface area contributed by atoms with Crippen LogP contribution < -0.4 is 0 Å². The van der Waals surface area contributed by atoms with Gasteiger partial charge in [-0.25, -0.2) is 0 Å². The highest BCUT2D eigenvalue weighted by Gasteiger charge is 2.58. The molecule has 0 aliphatic carbocycles. The zero-order chi connectivity index (χ0) is 19.8. The van der Waals surface area contributed by atoms with Gasteiger partial charge in [0, 0.05) is 6.61 Å². The number of ether oxygens (including phenoxy) is 3. The lowest BCUT2D eigenvalue weighted by Gasteiger charge is -2.39. The highest BCUT2D eigenvalue weighted by atomic mass is 31.2. The summed E-state index contributed by atoms with van der Waals surface area (Å²) in [6.45, 7) is 7.83. The molecule has 1 aliphatic rings. The van der Waals surface area contributed by atoms with Crippen molar-refractivity contribution in [1.82, 2.24) is 0 Å². The van der Waals surface area contributed by atoms with E-state index in [0.717, 1.165) is 19.3 Å². The van der Waals surface area contributed by atoms with E-state index in [2.05, 4.69) is 0 Å². The Balaban J connectivity index is 3.03. The molecule has 8 heteroatoms. The highest BCUT2D eigenvalue weighted by Crippen LogP contribution is 2.59.